The van der Waals surface area contributed by atoms with Gasteiger partial charge in [-0.05, 0) is 17.4 Å². The molecule has 0 radical (unpaired) electrons. The fraction of sp³-hybridized carbons (Fsp3) is 0.583. The minimum atomic E-state index is -1.18. The van der Waals surface area contributed by atoms with Gasteiger partial charge in [0.1, 0.15) is 18.1 Å². The smallest absolute Gasteiger partial charge is 0.326 e. The van der Waals surface area contributed by atoms with E-state index in [0.29, 0.717) is 12.8 Å². The molecule has 0 saturated heterocycles. The maximum absolute atomic E-state index is 13.0. The number of carboxylic acids is 1. The van der Waals surface area contributed by atoms with E-state index in [9.17, 15) is 24.3 Å². The zero-order chi connectivity index (χ0) is 25.8. The van der Waals surface area contributed by atoms with Crippen LogP contribution in [0.1, 0.15) is 46.1 Å². The Kier molecular flexibility index (Phi) is 12.7. The number of rotatable bonds is 14. The van der Waals surface area contributed by atoms with Crippen LogP contribution in [0, 0.1) is 11.8 Å². The Labute approximate surface area is 207 Å². The van der Waals surface area contributed by atoms with Crippen molar-refractivity contribution >= 4 is 36.3 Å². The number of hydrogen-bond acceptors (Lipinski definition) is 6. The van der Waals surface area contributed by atoms with Crippen molar-refractivity contribution in [3.05, 3.63) is 35.9 Å². The summed E-state index contributed by atoms with van der Waals surface area (Å²) in [6.07, 6.45) is 1.37. The van der Waals surface area contributed by atoms with Crippen LogP contribution in [-0.4, -0.2) is 58.7 Å². The predicted molar refractivity (Wildman–Crippen MR) is 134 cm³/mol. The maximum Gasteiger partial charge on any atom is 0.326 e. The molecular formula is C24H38N4O5S. The van der Waals surface area contributed by atoms with E-state index in [1.807, 2.05) is 26.8 Å². The lowest BCUT2D eigenvalue weighted by atomic mass is 9.96. The molecular weight excluding hydrogens is 456 g/mol. The summed E-state index contributed by atoms with van der Waals surface area (Å²) in [5, 5.41) is 17.4. The molecule has 10 heteroatoms. The molecule has 190 valence electrons. The summed E-state index contributed by atoms with van der Waals surface area (Å²) in [5.41, 5.74) is 6.71. The van der Waals surface area contributed by atoms with Crippen LogP contribution < -0.4 is 21.7 Å². The first-order valence-electron chi connectivity index (χ1n) is 11.6. The average Bonchev–Trinajstić information content (AvgIpc) is 2.83. The lowest BCUT2D eigenvalue weighted by molar-refractivity contribution is -0.142. The van der Waals surface area contributed by atoms with Crippen molar-refractivity contribution in [2.75, 3.05) is 5.75 Å². The summed E-state index contributed by atoms with van der Waals surface area (Å²) < 4.78 is 0. The van der Waals surface area contributed by atoms with E-state index in [4.69, 9.17) is 5.73 Å². The van der Waals surface area contributed by atoms with Gasteiger partial charge in [-0.15, -0.1) is 0 Å². The van der Waals surface area contributed by atoms with Gasteiger partial charge in [0.15, 0.2) is 0 Å². The lowest BCUT2D eigenvalue weighted by Crippen LogP contribution is -2.59. The molecule has 0 fully saturated rings. The van der Waals surface area contributed by atoms with Gasteiger partial charge in [0, 0.05) is 12.2 Å². The first-order chi connectivity index (χ1) is 16.0. The molecule has 1 rings (SSSR count). The predicted octanol–water partition coefficient (Wildman–Crippen LogP) is 1.12. The van der Waals surface area contributed by atoms with Gasteiger partial charge in [-0.3, -0.25) is 14.4 Å². The Bertz CT molecular complexity index is 823. The molecule has 1 aromatic rings. The topological polar surface area (TPSA) is 151 Å². The van der Waals surface area contributed by atoms with E-state index < -0.39 is 47.9 Å². The number of carbonyl (C=O) groups is 4. The highest BCUT2D eigenvalue weighted by Gasteiger charge is 2.32. The molecule has 0 aliphatic carbocycles. The second-order valence-corrected chi connectivity index (χ2v) is 8.98. The van der Waals surface area contributed by atoms with Crippen molar-refractivity contribution in [1.82, 2.24) is 16.0 Å². The summed E-state index contributed by atoms with van der Waals surface area (Å²) in [4.78, 5) is 50.1. The molecule has 6 atom stereocenters. The standard InChI is InChI=1S/C24H38N4O5S/c1-5-14(3)19(25)22(30)27-18(13-34)21(29)28-20(15(4)6-2)23(31)26-17(24(32)33)12-16-10-8-7-9-11-16/h7-11,14-15,17-20,34H,5-6,12-13,25H2,1-4H3,(H,26,31)(H,27,30)(H,28,29)(H,32,33). The summed E-state index contributed by atoms with van der Waals surface area (Å²) >= 11 is 4.16. The molecule has 6 unspecified atom stereocenters. The minimum absolute atomic E-state index is 0.00536. The van der Waals surface area contributed by atoms with Crippen molar-refractivity contribution in [1.29, 1.82) is 0 Å². The van der Waals surface area contributed by atoms with Crippen molar-refractivity contribution in [2.24, 2.45) is 17.6 Å². The van der Waals surface area contributed by atoms with Gasteiger partial charge in [0.05, 0.1) is 6.04 Å². The molecule has 0 spiro atoms. The zero-order valence-corrected chi connectivity index (χ0v) is 21.2. The molecule has 0 heterocycles. The second-order valence-electron chi connectivity index (χ2n) is 8.62. The number of carbonyl (C=O) groups excluding carboxylic acids is 3. The van der Waals surface area contributed by atoms with Crippen LogP contribution in [0.5, 0.6) is 0 Å². The molecule has 0 saturated carbocycles. The number of amides is 3. The third-order valence-corrected chi connectivity index (χ3v) is 6.43. The van der Waals surface area contributed by atoms with Crippen LogP contribution in [0.4, 0.5) is 0 Å². The van der Waals surface area contributed by atoms with Crippen LogP contribution in [0.3, 0.4) is 0 Å². The number of benzene rings is 1. The first-order valence-corrected chi connectivity index (χ1v) is 12.2. The molecule has 9 nitrogen and oxygen atoms in total. The number of nitrogens with one attached hydrogen (secondary N) is 3. The summed E-state index contributed by atoms with van der Waals surface area (Å²) in [7, 11) is 0. The molecule has 6 N–H and O–H groups in total. The van der Waals surface area contributed by atoms with E-state index in [0.717, 1.165) is 5.56 Å². The van der Waals surface area contributed by atoms with Gasteiger partial charge < -0.3 is 26.8 Å². The van der Waals surface area contributed by atoms with Crippen LogP contribution in [0.2, 0.25) is 0 Å². The minimum Gasteiger partial charge on any atom is -0.480 e. The zero-order valence-electron chi connectivity index (χ0n) is 20.3. The van der Waals surface area contributed by atoms with Crippen LogP contribution in [-0.2, 0) is 25.6 Å². The SMILES string of the molecule is CCC(C)C(N)C(=O)NC(CS)C(=O)NC(C(=O)NC(Cc1ccccc1)C(=O)O)C(C)CC. The molecule has 3 amide bonds. The molecule has 0 aliphatic heterocycles. The number of nitrogens with two attached hydrogens (primary N) is 1. The third-order valence-electron chi connectivity index (χ3n) is 6.07. The Morgan fingerprint density at radius 3 is 1.94 bits per heavy atom. The molecule has 0 aliphatic rings. The second kappa shape index (κ2) is 14.6. The molecule has 34 heavy (non-hydrogen) atoms. The Hall–Kier alpha value is -2.59. The van der Waals surface area contributed by atoms with Gasteiger partial charge in [-0.25, -0.2) is 4.79 Å². The van der Waals surface area contributed by atoms with Crippen LogP contribution in [0.15, 0.2) is 30.3 Å². The van der Waals surface area contributed by atoms with Gasteiger partial charge in [0.2, 0.25) is 17.7 Å². The van der Waals surface area contributed by atoms with E-state index in [1.165, 1.54) is 0 Å². The van der Waals surface area contributed by atoms with Crippen molar-refractivity contribution in [3.8, 4) is 0 Å². The Morgan fingerprint density at radius 1 is 0.882 bits per heavy atom. The summed E-state index contributed by atoms with van der Waals surface area (Å²) in [6.45, 7) is 7.40. The maximum atomic E-state index is 13.0. The van der Waals surface area contributed by atoms with Crippen molar-refractivity contribution in [3.63, 3.8) is 0 Å². The number of thiol groups is 1. The highest BCUT2D eigenvalue weighted by molar-refractivity contribution is 7.80. The van der Waals surface area contributed by atoms with Gasteiger partial charge in [-0.2, -0.15) is 12.6 Å². The quantitative estimate of drug-likeness (QED) is 0.213. The number of aliphatic carboxylic acids is 1. The van der Waals surface area contributed by atoms with Crippen molar-refractivity contribution in [2.45, 2.75) is 71.1 Å². The highest BCUT2D eigenvalue weighted by atomic mass is 32.1. The molecule has 0 bridgehead atoms. The van der Waals surface area contributed by atoms with E-state index in [-0.39, 0.29) is 24.0 Å². The third kappa shape index (κ3) is 8.98. The van der Waals surface area contributed by atoms with Crippen molar-refractivity contribution < 1.29 is 24.3 Å². The normalized spacial score (nSPS) is 16.3. The first kappa shape index (κ1) is 29.4. The highest BCUT2D eigenvalue weighted by Crippen LogP contribution is 2.11. The largest absolute Gasteiger partial charge is 0.480 e. The monoisotopic (exact) mass is 494 g/mol. The fourth-order valence-electron chi connectivity index (χ4n) is 3.24. The van der Waals surface area contributed by atoms with Crippen LogP contribution >= 0.6 is 12.6 Å². The van der Waals surface area contributed by atoms with Gasteiger partial charge in [-0.1, -0.05) is 70.9 Å². The molecule has 1 aromatic carbocycles. The van der Waals surface area contributed by atoms with E-state index in [2.05, 4.69) is 28.6 Å². The lowest BCUT2D eigenvalue weighted by Gasteiger charge is -2.28. The van der Waals surface area contributed by atoms with E-state index >= 15 is 0 Å². The number of carboxylic acid groups (broad SMARTS) is 1. The Balaban J connectivity index is 2.93. The van der Waals surface area contributed by atoms with Crippen LogP contribution in [0.25, 0.3) is 0 Å². The molecule has 0 aromatic heterocycles. The van der Waals surface area contributed by atoms with Gasteiger partial charge >= 0.3 is 5.97 Å². The fourth-order valence-corrected chi connectivity index (χ4v) is 3.50. The number of hydrogen-bond donors (Lipinski definition) is 6. The summed E-state index contributed by atoms with van der Waals surface area (Å²) in [5.74, 6) is -3.19. The van der Waals surface area contributed by atoms with Gasteiger partial charge in [0.25, 0.3) is 0 Å². The average molecular weight is 495 g/mol. The summed E-state index contributed by atoms with van der Waals surface area (Å²) in [6, 6.07) is 5.03. The Morgan fingerprint density at radius 2 is 1.44 bits per heavy atom. The van der Waals surface area contributed by atoms with E-state index in [1.54, 1.807) is 31.2 Å².